The molecule has 3 aromatic rings. The summed E-state index contributed by atoms with van der Waals surface area (Å²) in [5, 5.41) is 16.0. The highest BCUT2D eigenvalue weighted by molar-refractivity contribution is 6.31. The molecule has 3 rings (SSSR count). The Labute approximate surface area is 125 Å². The Kier molecular flexibility index (Phi) is 3.47. The first-order chi connectivity index (χ1) is 10.0. The summed E-state index contributed by atoms with van der Waals surface area (Å²) in [6.45, 7) is 3.76. The summed E-state index contributed by atoms with van der Waals surface area (Å²) in [6.07, 6.45) is 0. The number of anilines is 1. The summed E-state index contributed by atoms with van der Waals surface area (Å²) in [5.41, 5.74) is 1.49. The largest absolute Gasteiger partial charge is 0.362 e. The van der Waals surface area contributed by atoms with E-state index in [4.69, 9.17) is 11.6 Å². The highest BCUT2D eigenvalue weighted by Crippen LogP contribution is 2.26. The molecule has 0 saturated heterocycles. The molecule has 0 aliphatic rings. The molecular formula is C14H13ClFN5. The fraction of sp³-hybridized carbons (Fsp3) is 0.214. The van der Waals surface area contributed by atoms with Crippen LogP contribution in [0.3, 0.4) is 0 Å². The molecule has 21 heavy (non-hydrogen) atoms. The highest BCUT2D eigenvalue weighted by Gasteiger charge is 2.12. The Bertz CT molecular complexity index is 801. The van der Waals surface area contributed by atoms with Gasteiger partial charge in [0.1, 0.15) is 11.6 Å². The number of halogens is 2. The van der Waals surface area contributed by atoms with Crippen molar-refractivity contribution < 1.29 is 4.39 Å². The van der Waals surface area contributed by atoms with Gasteiger partial charge < -0.3 is 5.32 Å². The molecule has 1 N–H and O–H groups in total. The first-order valence-electron chi connectivity index (χ1n) is 6.45. The van der Waals surface area contributed by atoms with Crippen LogP contribution in [0.5, 0.6) is 0 Å². The van der Waals surface area contributed by atoms with Gasteiger partial charge in [-0.05, 0) is 43.7 Å². The molecule has 5 nitrogen and oxygen atoms in total. The first-order valence-corrected chi connectivity index (χ1v) is 6.83. The van der Waals surface area contributed by atoms with Crippen LogP contribution < -0.4 is 5.32 Å². The normalized spacial score (nSPS) is 12.6. The van der Waals surface area contributed by atoms with Crippen LogP contribution in [-0.2, 0) is 0 Å². The van der Waals surface area contributed by atoms with Crippen molar-refractivity contribution in [2.75, 3.05) is 5.32 Å². The van der Waals surface area contributed by atoms with Crippen LogP contribution in [0.1, 0.15) is 24.4 Å². The predicted octanol–water partition coefficient (Wildman–Crippen LogP) is 3.40. The van der Waals surface area contributed by atoms with Crippen molar-refractivity contribution in [1.29, 1.82) is 0 Å². The van der Waals surface area contributed by atoms with Gasteiger partial charge in [-0.1, -0.05) is 17.7 Å². The lowest BCUT2D eigenvalue weighted by Crippen LogP contribution is -2.10. The van der Waals surface area contributed by atoms with Crippen molar-refractivity contribution >= 4 is 23.1 Å². The van der Waals surface area contributed by atoms with Crippen molar-refractivity contribution in [3.8, 4) is 0 Å². The number of nitrogens with one attached hydrogen (secondary N) is 1. The Hall–Kier alpha value is -2.21. The molecule has 108 valence electrons. The number of nitrogens with zero attached hydrogens (tertiary/aromatic N) is 4. The van der Waals surface area contributed by atoms with Gasteiger partial charge in [-0.2, -0.15) is 4.52 Å². The van der Waals surface area contributed by atoms with E-state index in [1.165, 1.54) is 12.1 Å². The zero-order valence-electron chi connectivity index (χ0n) is 11.5. The standard InChI is InChI=1S/C14H13ClFN5/c1-8(11-4-3-10(16)7-12(11)15)17-13-5-6-14-19-18-9(2)21(14)20-13/h3-8H,1-2H3,(H,17,20). The SMILES string of the molecule is Cc1nnc2ccc(NC(C)c3ccc(F)cc3Cl)nn12. The third-order valence-corrected chi connectivity index (χ3v) is 3.54. The zero-order chi connectivity index (χ0) is 15.0. The Balaban J connectivity index is 1.88. The second kappa shape index (κ2) is 5.29. The van der Waals surface area contributed by atoms with Crippen LogP contribution in [-0.4, -0.2) is 19.8 Å². The molecule has 0 bridgehead atoms. The van der Waals surface area contributed by atoms with Gasteiger partial charge in [0.25, 0.3) is 0 Å². The minimum atomic E-state index is -0.351. The number of benzene rings is 1. The quantitative estimate of drug-likeness (QED) is 0.806. The van der Waals surface area contributed by atoms with E-state index in [0.29, 0.717) is 22.3 Å². The van der Waals surface area contributed by atoms with E-state index in [1.807, 2.05) is 26.0 Å². The van der Waals surface area contributed by atoms with E-state index in [0.717, 1.165) is 5.56 Å². The lowest BCUT2D eigenvalue weighted by Gasteiger charge is -2.16. The van der Waals surface area contributed by atoms with Crippen molar-refractivity contribution in [3.63, 3.8) is 0 Å². The van der Waals surface area contributed by atoms with Crippen LogP contribution in [0.15, 0.2) is 30.3 Å². The predicted molar refractivity (Wildman–Crippen MR) is 79.0 cm³/mol. The average Bonchev–Trinajstić information content (AvgIpc) is 2.80. The van der Waals surface area contributed by atoms with Gasteiger partial charge in [0.05, 0.1) is 6.04 Å². The summed E-state index contributed by atoms with van der Waals surface area (Å²) in [6, 6.07) is 7.89. The molecule has 7 heteroatoms. The van der Waals surface area contributed by atoms with Gasteiger partial charge in [0.2, 0.25) is 0 Å². The molecule has 0 aliphatic carbocycles. The van der Waals surface area contributed by atoms with Gasteiger partial charge in [0.15, 0.2) is 11.5 Å². The third-order valence-electron chi connectivity index (χ3n) is 3.21. The molecule has 2 heterocycles. The van der Waals surface area contributed by atoms with E-state index < -0.39 is 0 Å². The van der Waals surface area contributed by atoms with Crippen molar-refractivity contribution in [2.24, 2.45) is 0 Å². The Morgan fingerprint density at radius 3 is 2.81 bits per heavy atom. The summed E-state index contributed by atoms with van der Waals surface area (Å²) in [4.78, 5) is 0. The van der Waals surface area contributed by atoms with Crippen molar-refractivity contribution in [1.82, 2.24) is 19.8 Å². The monoisotopic (exact) mass is 305 g/mol. The lowest BCUT2D eigenvalue weighted by atomic mass is 10.1. The molecule has 1 unspecified atom stereocenters. The fourth-order valence-electron chi connectivity index (χ4n) is 2.13. The van der Waals surface area contributed by atoms with Crippen LogP contribution in [0.25, 0.3) is 5.65 Å². The van der Waals surface area contributed by atoms with Crippen LogP contribution in [0.4, 0.5) is 10.2 Å². The highest BCUT2D eigenvalue weighted by atomic mass is 35.5. The number of rotatable bonds is 3. The number of aryl methyl sites for hydroxylation is 1. The second-order valence-corrected chi connectivity index (χ2v) is 5.17. The van der Waals surface area contributed by atoms with Gasteiger partial charge in [-0.3, -0.25) is 0 Å². The first kappa shape index (κ1) is 13.8. The average molecular weight is 306 g/mol. The Morgan fingerprint density at radius 1 is 1.24 bits per heavy atom. The molecule has 0 saturated carbocycles. The van der Waals surface area contributed by atoms with Gasteiger partial charge in [-0.25, -0.2) is 4.39 Å². The van der Waals surface area contributed by atoms with E-state index in [2.05, 4.69) is 20.6 Å². The smallest absolute Gasteiger partial charge is 0.178 e. The van der Waals surface area contributed by atoms with Gasteiger partial charge in [0, 0.05) is 5.02 Å². The van der Waals surface area contributed by atoms with Crippen molar-refractivity contribution in [3.05, 3.63) is 52.6 Å². The third kappa shape index (κ3) is 2.67. The maximum Gasteiger partial charge on any atom is 0.178 e. The van der Waals surface area contributed by atoms with E-state index in [1.54, 1.807) is 10.6 Å². The summed E-state index contributed by atoms with van der Waals surface area (Å²) >= 11 is 6.07. The number of hydrogen-bond donors (Lipinski definition) is 1. The molecule has 0 amide bonds. The molecule has 0 radical (unpaired) electrons. The zero-order valence-corrected chi connectivity index (χ0v) is 12.3. The summed E-state index contributed by atoms with van der Waals surface area (Å²) in [5.74, 6) is 1.02. The number of fused-ring (bicyclic) bond motifs is 1. The number of aromatic nitrogens is 4. The van der Waals surface area contributed by atoms with Gasteiger partial charge in [-0.15, -0.1) is 15.3 Å². The topological polar surface area (TPSA) is 55.1 Å². The van der Waals surface area contributed by atoms with E-state index >= 15 is 0 Å². The van der Waals surface area contributed by atoms with Crippen LogP contribution >= 0.6 is 11.6 Å². The van der Waals surface area contributed by atoms with Crippen LogP contribution in [0.2, 0.25) is 5.02 Å². The summed E-state index contributed by atoms with van der Waals surface area (Å²) in [7, 11) is 0. The maximum absolute atomic E-state index is 13.1. The van der Waals surface area contributed by atoms with E-state index in [-0.39, 0.29) is 11.9 Å². The van der Waals surface area contributed by atoms with E-state index in [9.17, 15) is 4.39 Å². The molecule has 1 atom stereocenters. The molecule has 0 spiro atoms. The van der Waals surface area contributed by atoms with Gasteiger partial charge >= 0.3 is 0 Å². The van der Waals surface area contributed by atoms with Crippen molar-refractivity contribution in [2.45, 2.75) is 19.9 Å². The molecule has 0 aliphatic heterocycles. The fourth-order valence-corrected chi connectivity index (χ4v) is 2.46. The number of hydrogen-bond acceptors (Lipinski definition) is 4. The molecule has 0 fully saturated rings. The Morgan fingerprint density at radius 2 is 2.05 bits per heavy atom. The van der Waals surface area contributed by atoms with Crippen LogP contribution in [0, 0.1) is 12.7 Å². The summed E-state index contributed by atoms with van der Waals surface area (Å²) < 4.78 is 14.7. The second-order valence-electron chi connectivity index (χ2n) is 4.77. The molecular weight excluding hydrogens is 293 g/mol. The maximum atomic E-state index is 13.1. The molecule has 2 aromatic heterocycles. The minimum Gasteiger partial charge on any atom is -0.362 e. The molecule has 1 aromatic carbocycles. The minimum absolute atomic E-state index is 0.111. The lowest BCUT2D eigenvalue weighted by molar-refractivity contribution is 0.626.